The Bertz CT molecular complexity index is 217. The Balaban J connectivity index is 3.17. The first kappa shape index (κ1) is 8.49. The van der Waals surface area contributed by atoms with Crippen LogP contribution in [0.25, 0.3) is 0 Å². The summed E-state index contributed by atoms with van der Waals surface area (Å²) in [7, 11) is 0. The number of hydrogen-bond acceptors (Lipinski definition) is 1. The summed E-state index contributed by atoms with van der Waals surface area (Å²) in [5, 5.41) is 0. The van der Waals surface area contributed by atoms with E-state index in [9.17, 15) is 0 Å². The molecule has 0 aliphatic heterocycles. The molecular weight excluding hydrogens is 305 g/mol. The van der Waals surface area contributed by atoms with Crippen LogP contribution in [-0.4, -0.2) is 0 Å². The van der Waals surface area contributed by atoms with Gasteiger partial charge in [-0.1, -0.05) is 15.9 Å². The van der Waals surface area contributed by atoms with Crippen molar-refractivity contribution in [3.05, 3.63) is 31.8 Å². The summed E-state index contributed by atoms with van der Waals surface area (Å²) in [6.45, 7) is 0.577. The summed E-state index contributed by atoms with van der Waals surface area (Å²) in [5.41, 5.74) is 6.65. The highest BCUT2D eigenvalue weighted by Gasteiger charge is 2.00. The van der Waals surface area contributed by atoms with Gasteiger partial charge in [-0.3, -0.25) is 0 Å². The van der Waals surface area contributed by atoms with E-state index < -0.39 is 0 Å². The molecule has 10 heavy (non-hydrogen) atoms. The van der Waals surface area contributed by atoms with Crippen molar-refractivity contribution in [2.45, 2.75) is 6.54 Å². The van der Waals surface area contributed by atoms with Crippen molar-refractivity contribution in [3.8, 4) is 0 Å². The van der Waals surface area contributed by atoms with Crippen LogP contribution in [0, 0.1) is 9.64 Å². The van der Waals surface area contributed by atoms with Gasteiger partial charge in [0.15, 0.2) is 0 Å². The molecule has 1 rings (SSSR count). The number of halogens is 2. The minimum absolute atomic E-state index is 0.577. The third kappa shape index (κ3) is 1.71. The van der Waals surface area contributed by atoms with E-state index in [-0.39, 0.29) is 0 Å². The van der Waals surface area contributed by atoms with Crippen LogP contribution >= 0.6 is 38.5 Å². The van der Waals surface area contributed by atoms with Crippen molar-refractivity contribution in [2.75, 3.05) is 0 Å². The molecule has 0 aromatic heterocycles. The van der Waals surface area contributed by atoms with Crippen LogP contribution in [0.2, 0.25) is 0 Å². The van der Waals surface area contributed by atoms with E-state index in [0.29, 0.717) is 6.54 Å². The molecule has 0 fully saturated rings. The van der Waals surface area contributed by atoms with E-state index >= 15 is 0 Å². The van der Waals surface area contributed by atoms with Crippen LogP contribution < -0.4 is 5.73 Å². The minimum Gasteiger partial charge on any atom is -0.326 e. The van der Waals surface area contributed by atoms with Crippen molar-refractivity contribution in [1.82, 2.24) is 0 Å². The summed E-state index contributed by atoms with van der Waals surface area (Å²) >= 11 is 5.64. The van der Waals surface area contributed by atoms with E-state index in [0.717, 1.165) is 13.6 Å². The first-order valence-corrected chi connectivity index (χ1v) is 4.67. The highest BCUT2D eigenvalue weighted by atomic mass is 127. The molecule has 0 saturated carbocycles. The number of rotatable bonds is 1. The third-order valence-corrected chi connectivity index (χ3v) is 2.87. The average molecular weight is 311 g/mol. The van der Waals surface area contributed by atoms with Crippen LogP contribution in [0.5, 0.6) is 0 Å². The van der Waals surface area contributed by atoms with Gasteiger partial charge in [0.05, 0.1) is 0 Å². The first-order valence-electron chi connectivity index (χ1n) is 2.79. The SMILES string of the molecule is NCc1c(Br)c[c]cc1I. The maximum absolute atomic E-state index is 5.50. The molecule has 1 radical (unpaired) electrons. The molecule has 3 heteroatoms. The standard InChI is InChI=1S/C7H6BrIN/c8-6-2-1-3-7(9)5(6)4-10/h2-3H,4,10H2. The van der Waals surface area contributed by atoms with Crippen LogP contribution in [0.4, 0.5) is 0 Å². The molecule has 0 saturated heterocycles. The molecule has 2 N–H and O–H groups in total. The number of hydrogen-bond donors (Lipinski definition) is 1. The molecule has 0 unspecified atom stereocenters. The van der Waals surface area contributed by atoms with Gasteiger partial charge in [-0.15, -0.1) is 0 Å². The first-order chi connectivity index (χ1) is 4.75. The lowest BCUT2D eigenvalue weighted by atomic mass is 10.2. The molecule has 1 aromatic rings. The zero-order chi connectivity index (χ0) is 7.56. The van der Waals surface area contributed by atoms with Crippen LogP contribution in [0.15, 0.2) is 16.6 Å². The lowest BCUT2D eigenvalue weighted by Crippen LogP contribution is -1.99. The summed E-state index contributed by atoms with van der Waals surface area (Å²) < 4.78 is 2.20. The van der Waals surface area contributed by atoms with E-state index in [1.54, 1.807) is 0 Å². The van der Waals surface area contributed by atoms with Crippen LogP contribution in [0.3, 0.4) is 0 Å². The van der Waals surface area contributed by atoms with Gasteiger partial charge in [-0.05, 0) is 46.4 Å². The molecule has 53 valence electrons. The molecule has 0 aliphatic carbocycles. The molecule has 1 nitrogen and oxygen atoms in total. The van der Waals surface area contributed by atoms with E-state index in [1.807, 2.05) is 12.1 Å². The lowest BCUT2D eigenvalue weighted by Gasteiger charge is -2.01. The Kier molecular flexibility index (Phi) is 3.13. The van der Waals surface area contributed by atoms with Gasteiger partial charge in [0.25, 0.3) is 0 Å². The van der Waals surface area contributed by atoms with Gasteiger partial charge >= 0.3 is 0 Å². The topological polar surface area (TPSA) is 26.0 Å². The summed E-state index contributed by atoms with van der Waals surface area (Å²) in [5.74, 6) is 0. The van der Waals surface area contributed by atoms with E-state index in [1.165, 1.54) is 0 Å². The Labute approximate surface area is 82.3 Å². The normalized spacial score (nSPS) is 9.90. The zero-order valence-electron chi connectivity index (χ0n) is 5.20. The van der Waals surface area contributed by atoms with Gasteiger partial charge < -0.3 is 5.73 Å². The van der Waals surface area contributed by atoms with Crippen molar-refractivity contribution in [3.63, 3.8) is 0 Å². The van der Waals surface area contributed by atoms with E-state index in [2.05, 4.69) is 44.6 Å². The maximum Gasteiger partial charge on any atom is 0.0236 e. The number of benzene rings is 1. The minimum atomic E-state index is 0.577. The van der Waals surface area contributed by atoms with Gasteiger partial charge in [-0.25, -0.2) is 0 Å². The lowest BCUT2D eigenvalue weighted by molar-refractivity contribution is 1.05. The van der Waals surface area contributed by atoms with Crippen molar-refractivity contribution >= 4 is 38.5 Å². The summed E-state index contributed by atoms with van der Waals surface area (Å²) in [6, 6.07) is 6.80. The van der Waals surface area contributed by atoms with Gasteiger partial charge in [0.2, 0.25) is 0 Å². The Morgan fingerprint density at radius 2 is 2.30 bits per heavy atom. The smallest absolute Gasteiger partial charge is 0.0236 e. The maximum atomic E-state index is 5.50. The van der Waals surface area contributed by atoms with Gasteiger partial charge in [-0.2, -0.15) is 0 Å². The molecular formula is C7H6BrIN. The summed E-state index contributed by atoms with van der Waals surface area (Å²) in [6.07, 6.45) is 0. The molecule has 1 aromatic carbocycles. The second kappa shape index (κ2) is 3.69. The Hall–Kier alpha value is 0.390. The fourth-order valence-corrected chi connectivity index (χ4v) is 2.24. The second-order valence-corrected chi connectivity index (χ2v) is 3.85. The largest absolute Gasteiger partial charge is 0.326 e. The molecule has 0 atom stereocenters. The fourth-order valence-electron chi connectivity index (χ4n) is 0.671. The van der Waals surface area contributed by atoms with Crippen molar-refractivity contribution < 1.29 is 0 Å². The molecule has 0 bridgehead atoms. The highest BCUT2D eigenvalue weighted by Crippen LogP contribution is 2.20. The Morgan fingerprint density at radius 1 is 1.60 bits per heavy atom. The van der Waals surface area contributed by atoms with Crippen molar-refractivity contribution in [2.24, 2.45) is 5.73 Å². The summed E-state index contributed by atoms with van der Waals surface area (Å²) in [4.78, 5) is 0. The quantitative estimate of drug-likeness (QED) is 0.792. The van der Waals surface area contributed by atoms with Crippen LogP contribution in [-0.2, 0) is 6.54 Å². The second-order valence-electron chi connectivity index (χ2n) is 1.83. The predicted molar refractivity (Wildman–Crippen MR) is 53.6 cm³/mol. The highest BCUT2D eigenvalue weighted by molar-refractivity contribution is 14.1. The third-order valence-electron chi connectivity index (χ3n) is 1.20. The predicted octanol–water partition coefficient (Wildman–Crippen LogP) is 2.31. The van der Waals surface area contributed by atoms with E-state index in [4.69, 9.17) is 5.73 Å². The molecule has 0 aliphatic rings. The van der Waals surface area contributed by atoms with Gasteiger partial charge in [0.1, 0.15) is 0 Å². The fraction of sp³-hybridized carbons (Fsp3) is 0.143. The average Bonchev–Trinajstić information content (AvgIpc) is 1.88. The number of nitrogens with two attached hydrogens (primary N) is 1. The monoisotopic (exact) mass is 310 g/mol. The Morgan fingerprint density at radius 3 is 2.70 bits per heavy atom. The molecule has 0 amide bonds. The van der Waals surface area contributed by atoms with Crippen molar-refractivity contribution in [1.29, 1.82) is 0 Å². The van der Waals surface area contributed by atoms with Gasteiger partial charge in [0, 0.05) is 14.6 Å². The van der Waals surface area contributed by atoms with Crippen LogP contribution in [0.1, 0.15) is 5.56 Å². The molecule has 0 spiro atoms. The zero-order valence-corrected chi connectivity index (χ0v) is 8.94. The molecule has 0 heterocycles.